The number of nitrogens with zero attached hydrogens (tertiary/aromatic N) is 1. The van der Waals surface area contributed by atoms with Crippen LogP contribution < -0.4 is 5.73 Å². The molecule has 0 radical (unpaired) electrons. The Hall–Kier alpha value is -0.790. The van der Waals surface area contributed by atoms with Crippen LogP contribution in [-0.4, -0.2) is 11.3 Å². The third-order valence-electron chi connectivity index (χ3n) is 2.03. The predicted octanol–water partition coefficient (Wildman–Crippen LogP) is 3.43. The molecule has 2 N–H and O–H groups in total. The summed E-state index contributed by atoms with van der Waals surface area (Å²) < 4.78 is 24.5. The molecule has 1 aromatic rings. The summed E-state index contributed by atoms with van der Waals surface area (Å²) in [6.45, 7) is 0. The number of nitrogens with two attached hydrogens (primary N) is 1. The van der Waals surface area contributed by atoms with E-state index in [4.69, 9.17) is 5.73 Å². The zero-order valence-corrected chi connectivity index (χ0v) is 10.9. The summed E-state index contributed by atoms with van der Waals surface area (Å²) in [7, 11) is 0. The molecule has 0 heterocycles. The Morgan fingerprint density at radius 1 is 1.47 bits per heavy atom. The van der Waals surface area contributed by atoms with Crippen LogP contribution in [0.25, 0.3) is 0 Å². The molecule has 0 saturated heterocycles. The fraction of sp³-hybridized carbons (Fsp3) is 0.333. The summed E-state index contributed by atoms with van der Waals surface area (Å²) in [6.07, 6.45) is -3.04. The molecule has 0 amide bonds. The minimum Gasteiger partial charge on any atom is -0.324 e. The van der Waals surface area contributed by atoms with Gasteiger partial charge in [0.15, 0.2) is 0 Å². The van der Waals surface area contributed by atoms with Crippen molar-refractivity contribution in [1.29, 1.82) is 0 Å². The summed E-state index contributed by atoms with van der Waals surface area (Å²) in [5, 5.41) is 10.6. The first-order valence-electron chi connectivity index (χ1n) is 4.39. The highest BCUT2D eigenvalue weighted by Crippen LogP contribution is 2.29. The summed E-state index contributed by atoms with van der Waals surface area (Å²) in [4.78, 5) is 10.0. The SMILES string of the molecule is Cl.N[C@@H](CC(F)F)c1ccc(Br)c([N+](=O)[O-])c1. The van der Waals surface area contributed by atoms with Gasteiger partial charge >= 0.3 is 0 Å². The lowest BCUT2D eigenvalue weighted by molar-refractivity contribution is -0.385. The van der Waals surface area contributed by atoms with Crippen LogP contribution in [0.2, 0.25) is 0 Å². The van der Waals surface area contributed by atoms with Gasteiger partial charge in [0, 0.05) is 18.5 Å². The Bertz CT molecular complexity index is 407. The van der Waals surface area contributed by atoms with E-state index in [0.717, 1.165) is 0 Å². The van der Waals surface area contributed by atoms with Crippen molar-refractivity contribution in [3.63, 3.8) is 0 Å². The van der Waals surface area contributed by atoms with Gasteiger partial charge in [-0.05, 0) is 27.6 Å². The highest BCUT2D eigenvalue weighted by atomic mass is 79.9. The second kappa shape index (κ2) is 6.83. The monoisotopic (exact) mass is 330 g/mol. The Morgan fingerprint density at radius 2 is 2.06 bits per heavy atom. The maximum atomic E-state index is 12.1. The average molecular weight is 332 g/mol. The van der Waals surface area contributed by atoms with Crippen LogP contribution in [0.3, 0.4) is 0 Å². The third kappa shape index (κ3) is 4.53. The molecule has 0 saturated carbocycles. The number of hydrogen-bond donors (Lipinski definition) is 1. The summed E-state index contributed by atoms with van der Waals surface area (Å²) in [5.74, 6) is 0. The van der Waals surface area contributed by atoms with Gasteiger partial charge in [-0.2, -0.15) is 0 Å². The van der Waals surface area contributed by atoms with E-state index in [1.807, 2.05) is 0 Å². The zero-order valence-electron chi connectivity index (χ0n) is 8.48. The van der Waals surface area contributed by atoms with Gasteiger partial charge in [0.05, 0.1) is 9.40 Å². The molecular weight excluding hydrogens is 321 g/mol. The number of benzene rings is 1. The maximum absolute atomic E-state index is 12.1. The first-order chi connectivity index (χ1) is 7.41. The highest BCUT2D eigenvalue weighted by molar-refractivity contribution is 9.10. The lowest BCUT2D eigenvalue weighted by Crippen LogP contribution is -2.14. The summed E-state index contributed by atoms with van der Waals surface area (Å²) in [6, 6.07) is 3.23. The molecular formula is C9H10BrClF2N2O2. The van der Waals surface area contributed by atoms with Crippen molar-refractivity contribution < 1.29 is 13.7 Å². The van der Waals surface area contributed by atoms with Gasteiger partial charge in [-0.15, -0.1) is 12.4 Å². The fourth-order valence-electron chi connectivity index (χ4n) is 1.23. The molecule has 0 aromatic heterocycles. The van der Waals surface area contributed by atoms with Crippen molar-refractivity contribution in [2.75, 3.05) is 0 Å². The molecule has 0 aliphatic rings. The van der Waals surface area contributed by atoms with E-state index < -0.39 is 23.8 Å². The number of alkyl halides is 2. The van der Waals surface area contributed by atoms with Gasteiger partial charge in [0.2, 0.25) is 6.43 Å². The molecule has 1 rings (SSSR count). The lowest BCUT2D eigenvalue weighted by atomic mass is 10.0. The van der Waals surface area contributed by atoms with E-state index in [1.54, 1.807) is 0 Å². The number of nitro benzene ring substituents is 1. The Kier molecular flexibility index (Phi) is 6.51. The highest BCUT2D eigenvalue weighted by Gasteiger charge is 2.18. The number of halogens is 4. The van der Waals surface area contributed by atoms with Crippen LogP contribution in [0.4, 0.5) is 14.5 Å². The first kappa shape index (κ1) is 16.2. The minimum absolute atomic E-state index is 0. The van der Waals surface area contributed by atoms with Crippen LogP contribution in [0.1, 0.15) is 18.0 Å². The Labute approximate surface area is 111 Å². The van der Waals surface area contributed by atoms with Crippen LogP contribution in [0.15, 0.2) is 22.7 Å². The van der Waals surface area contributed by atoms with Crippen LogP contribution >= 0.6 is 28.3 Å². The van der Waals surface area contributed by atoms with E-state index in [0.29, 0.717) is 10.0 Å². The van der Waals surface area contributed by atoms with Gasteiger partial charge in [-0.1, -0.05) is 6.07 Å². The second-order valence-electron chi connectivity index (χ2n) is 3.20. The fourth-order valence-corrected chi connectivity index (χ4v) is 1.62. The standard InChI is InChI=1S/C9H9BrF2N2O2.ClH/c10-6-2-1-5(3-8(6)14(15)16)7(13)4-9(11)12;/h1-3,7,9H,4,13H2;1H/t7-;/m0./s1. The third-order valence-corrected chi connectivity index (χ3v) is 2.70. The van der Waals surface area contributed by atoms with Crippen LogP contribution in [0, 0.1) is 10.1 Å². The second-order valence-corrected chi connectivity index (χ2v) is 4.06. The normalized spacial score (nSPS) is 12.1. The van der Waals surface area contributed by atoms with Crippen LogP contribution in [-0.2, 0) is 0 Å². The van der Waals surface area contributed by atoms with Crippen molar-refractivity contribution in [2.45, 2.75) is 18.9 Å². The Balaban J connectivity index is 0.00000256. The molecule has 96 valence electrons. The molecule has 17 heavy (non-hydrogen) atoms. The smallest absolute Gasteiger partial charge is 0.283 e. The summed E-state index contributed by atoms with van der Waals surface area (Å²) >= 11 is 3.00. The zero-order chi connectivity index (χ0) is 12.3. The number of nitro groups is 1. The van der Waals surface area contributed by atoms with E-state index in [9.17, 15) is 18.9 Å². The molecule has 0 aliphatic carbocycles. The predicted molar refractivity (Wildman–Crippen MR) is 65.6 cm³/mol. The van der Waals surface area contributed by atoms with E-state index >= 15 is 0 Å². The van der Waals surface area contributed by atoms with Crippen molar-refractivity contribution in [3.05, 3.63) is 38.3 Å². The Morgan fingerprint density at radius 3 is 2.53 bits per heavy atom. The molecule has 0 aliphatic heterocycles. The van der Waals surface area contributed by atoms with Crippen molar-refractivity contribution in [1.82, 2.24) is 0 Å². The number of rotatable bonds is 4. The van der Waals surface area contributed by atoms with E-state index in [2.05, 4.69) is 15.9 Å². The lowest BCUT2D eigenvalue weighted by Gasteiger charge is -2.11. The first-order valence-corrected chi connectivity index (χ1v) is 5.18. The van der Waals surface area contributed by atoms with Gasteiger partial charge in [0.1, 0.15) is 0 Å². The van der Waals surface area contributed by atoms with Gasteiger partial charge in [0.25, 0.3) is 5.69 Å². The number of hydrogen-bond acceptors (Lipinski definition) is 3. The van der Waals surface area contributed by atoms with E-state index in [1.165, 1.54) is 18.2 Å². The average Bonchev–Trinajstić information content (AvgIpc) is 2.16. The maximum Gasteiger partial charge on any atom is 0.283 e. The molecule has 0 fully saturated rings. The van der Waals surface area contributed by atoms with E-state index in [-0.39, 0.29) is 18.1 Å². The quantitative estimate of drug-likeness (QED) is 0.679. The minimum atomic E-state index is -2.53. The van der Waals surface area contributed by atoms with Crippen molar-refractivity contribution >= 4 is 34.0 Å². The molecule has 8 heteroatoms. The van der Waals surface area contributed by atoms with Gasteiger partial charge < -0.3 is 5.73 Å². The molecule has 1 atom stereocenters. The van der Waals surface area contributed by atoms with Crippen molar-refractivity contribution in [2.24, 2.45) is 5.73 Å². The largest absolute Gasteiger partial charge is 0.324 e. The molecule has 0 spiro atoms. The molecule has 1 aromatic carbocycles. The van der Waals surface area contributed by atoms with Gasteiger partial charge in [-0.3, -0.25) is 10.1 Å². The van der Waals surface area contributed by atoms with Crippen LogP contribution in [0.5, 0.6) is 0 Å². The molecule has 0 unspecified atom stereocenters. The topological polar surface area (TPSA) is 69.2 Å². The van der Waals surface area contributed by atoms with Gasteiger partial charge in [-0.25, -0.2) is 8.78 Å². The molecule has 0 bridgehead atoms. The molecule has 4 nitrogen and oxygen atoms in total. The summed E-state index contributed by atoms with van der Waals surface area (Å²) in [5.41, 5.74) is 5.65. The van der Waals surface area contributed by atoms with Crippen molar-refractivity contribution in [3.8, 4) is 0 Å².